The molecule has 0 radical (unpaired) electrons. The predicted octanol–water partition coefficient (Wildman–Crippen LogP) is 3.54. The van der Waals surface area contributed by atoms with Crippen LogP contribution in [0.1, 0.15) is 49.1 Å². The molecule has 1 aliphatic rings. The molecular weight excluding hydrogens is 392 g/mol. The lowest BCUT2D eigenvalue weighted by Crippen LogP contribution is -2.44. The van der Waals surface area contributed by atoms with Crippen LogP contribution in [0.2, 0.25) is 0 Å². The van der Waals surface area contributed by atoms with Crippen LogP contribution < -0.4 is 4.74 Å². The molecule has 4 rings (SSSR count). The second-order valence-electron chi connectivity index (χ2n) is 7.55. The lowest BCUT2D eigenvalue weighted by molar-refractivity contribution is -0.139. The summed E-state index contributed by atoms with van der Waals surface area (Å²) in [5.41, 5.74) is 1.48. The highest BCUT2D eigenvalue weighted by atomic mass is 19.3. The van der Waals surface area contributed by atoms with Crippen LogP contribution in [0.3, 0.4) is 0 Å². The Morgan fingerprint density at radius 3 is 2.57 bits per heavy atom. The van der Waals surface area contributed by atoms with Gasteiger partial charge in [-0.05, 0) is 44.9 Å². The highest BCUT2D eigenvalue weighted by Gasteiger charge is 2.29. The van der Waals surface area contributed by atoms with Gasteiger partial charge in [-0.3, -0.25) is 4.79 Å². The van der Waals surface area contributed by atoms with Gasteiger partial charge in [-0.25, -0.2) is 13.8 Å². The van der Waals surface area contributed by atoms with Crippen molar-refractivity contribution >= 4 is 11.7 Å². The highest BCUT2D eigenvalue weighted by molar-refractivity contribution is 5.81. The molecule has 158 valence electrons. The number of alkyl halides is 2. The van der Waals surface area contributed by atoms with Gasteiger partial charge in [0.2, 0.25) is 0 Å². The van der Waals surface area contributed by atoms with Crippen LogP contribution in [0.5, 0.6) is 5.75 Å². The van der Waals surface area contributed by atoms with Crippen LogP contribution >= 0.6 is 0 Å². The van der Waals surface area contributed by atoms with E-state index in [0.29, 0.717) is 37.4 Å². The van der Waals surface area contributed by atoms with Gasteiger partial charge >= 0.3 is 0 Å². The zero-order valence-electron chi connectivity index (χ0n) is 16.8. The number of nitrogens with zero attached hydrogens (tertiary/aromatic N) is 5. The lowest BCUT2D eigenvalue weighted by Gasteiger charge is -2.33. The summed E-state index contributed by atoms with van der Waals surface area (Å²) in [6, 6.07) is 8.96. The van der Waals surface area contributed by atoms with Crippen LogP contribution in [-0.4, -0.2) is 49.6 Å². The first-order valence-electron chi connectivity index (χ1n) is 9.93. The second kappa shape index (κ2) is 8.33. The minimum atomic E-state index is -2.67. The van der Waals surface area contributed by atoms with Gasteiger partial charge in [0.1, 0.15) is 17.8 Å². The van der Waals surface area contributed by atoms with E-state index in [-0.39, 0.29) is 23.3 Å². The minimum absolute atomic E-state index is 0.0124. The number of aryl methyl sites for hydroxylation is 1. The van der Waals surface area contributed by atoms with Crippen LogP contribution in [0.4, 0.5) is 8.78 Å². The lowest BCUT2D eigenvalue weighted by atomic mass is 9.92. The summed E-state index contributed by atoms with van der Waals surface area (Å²) in [4.78, 5) is 22.9. The van der Waals surface area contributed by atoms with Crippen LogP contribution in [0.15, 0.2) is 36.7 Å². The molecule has 30 heavy (non-hydrogen) atoms. The molecule has 1 fully saturated rings. The maximum atomic E-state index is 13.4. The molecule has 0 saturated carbocycles. The molecule has 0 aliphatic carbocycles. The first-order valence-corrected chi connectivity index (χ1v) is 9.93. The van der Waals surface area contributed by atoms with Gasteiger partial charge in [0.05, 0.1) is 0 Å². The molecule has 3 heterocycles. The van der Waals surface area contributed by atoms with Gasteiger partial charge in [0.25, 0.3) is 18.1 Å². The first-order chi connectivity index (χ1) is 14.4. The monoisotopic (exact) mass is 415 g/mol. The molecule has 1 aromatic carbocycles. The number of benzene rings is 1. The number of fused-ring (bicyclic) bond motifs is 1. The number of carbonyl (C=O) groups excluding carboxylic acids is 1. The number of hydrogen-bond acceptors (Lipinski definition) is 5. The second-order valence-corrected chi connectivity index (χ2v) is 7.55. The fourth-order valence-electron chi connectivity index (χ4n) is 3.74. The number of piperidine rings is 1. The quantitative estimate of drug-likeness (QED) is 0.637. The summed E-state index contributed by atoms with van der Waals surface area (Å²) in [6.45, 7) is 4.77. The fraction of sp³-hybridized carbons (Fsp3) is 0.429. The third-order valence-corrected chi connectivity index (χ3v) is 5.43. The predicted molar refractivity (Wildman–Crippen MR) is 106 cm³/mol. The first kappa shape index (κ1) is 20.2. The van der Waals surface area contributed by atoms with Crippen molar-refractivity contribution in [1.29, 1.82) is 0 Å². The standard InChI is InChI=1S/C21H23F2N5O2/c1-13-3-5-16(6-4-13)30-14(2)20(29)27-9-7-15(8-10-27)17-11-18(19(22)23)28-21(26-17)24-12-25-28/h3-6,11-12,14-15,19H,7-10H2,1-2H3/t14-/m0/s1. The Morgan fingerprint density at radius 1 is 1.20 bits per heavy atom. The molecule has 9 heteroatoms. The molecule has 1 aliphatic heterocycles. The molecule has 1 saturated heterocycles. The van der Waals surface area contributed by atoms with Crippen molar-refractivity contribution in [3.63, 3.8) is 0 Å². The SMILES string of the molecule is Cc1ccc(O[C@@H](C)C(=O)N2CCC(c3cc(C(F)F)n4ncnc4n3)CC2)cc1. The Balaban J connectivity index is 1.40. The van der Waals surface area contributed by atoms with E-state index in [0.717, 1.165) is 10.1 Å². The Hall–Kier alpha value is -3.10. The van der Waals surface area contributed by atoms with Crippen molar-refractivity contribution in [2.45, 2.75) is 45.1 Å². The van der Waals surface area contributed by atoms with Gasteiger partial charge in [-0.2, -0.15) is 14.6 Å². The molecule has 0 unspecified atom stereocenters. The Kier molecular flexibility index (Phi) is 5.61. The summed E-state index contributed by atoms with van der Waals surface area (Å²) in [5, 5.41) is 3.82. The van der Waals surface area contributed by atoms with E-state index < -0.39 is 12.5 Å². The molecule has 1 amide bonds. The van der Waals surface area contributed by atoms with Gasteiger partial charge in [-0.15, -0.1) is 0 Å². The number of hydrogen-bond donors (Lipinski definition) is 0. The van der Waals surface area contributed by atoms with E-state index in [1.807, 2.05) is 31.2 Å². The maximum Gasteiger partial charge on any atom is 0.280 e. The van der Waals surface area contributed by atoms with Crippen molar-refractivity contribution in [2.24, 2.45) is 0 Å². The highest BCUT2D eigenvalue weighted by Crippen LogP contribution is 2.30. The minimum Gasteiger partial charge on any atom is -0.481 e. The van der Waals surface area contributed by atoms with E-state index in [9.17, 15) is 13.6 Å². The van der Waals surface area contributed by atoms with Crippen molar-refractivity contribution in [2.75, 3.05) is 13.1 Å². The van der Waals surface area contributed by atoms with E-state index >= 15 is 0 Å². The Morgan fingerprint density at radius 2 is 1.90 bits per heavy atom. The van der Waals surface area contributed by atoms with Crippen LogP contribution in [0, 0.1) is 6.92 Å². The van der Waals surface area contributed by atoms with Crippen molar-refractivity contribution in [3.8, 4) is 5.75 Å². The number of carbonyl (C=O) groups is 1. The van der Waals surface area contributed by atoms with Gasteiger partial charge in [0, 0.05) is 24.7 Å². The van der Waals surface area contributed by atoms with E-state index in [4.69, 9.17) is 4.74 Å². The summed E-state index contributed by atoms with van der Waals surface area (Å²) in [6.07, 6.45) is -0.765. The summed E-state index contributed by atoms with van der Waals surface area (Å²) < 4.78 is 33.6. The van der Waals surface area contributed by atoms with Crippen molar-refractivity contribution < 1.29 is 18.3 Å². The molecular formula is C21H23F2N5O2. The van der Waals surface area contributed by atoms with E-state index in [1.54, 1.807) is 11.8 Å². The summed E-state index contributed by atoms with van der Waals surface area (Å²) >= 11 is 0. The number of rotatable bonds is 5. The fourth-order valence-corrected chi connectivity index (χ4v) is 3.74. The molecule has 2 aromatic heterocycles. The average Bonchev–Trinajstić information content (AvgIpc) is 3.22. The number of amides is 1. The third kappa shape index (κ3) is 4.10. The zero-order chi connectivity index (χ0) is 21.3. The Labute approximate surface area is 172 Å². The third-order valence-electron chi connectivity index (χ3n) is 5.43. The molecule has 0 N–H and O–H groups in total. The molecule has 7 nitrogen and oxygen atoms in total. The topological polar surface area (TPSA) is 72.6 Å². The number of halogens is 2. The summed E-state index contributed by atoms with van der Waals surface area (Å²) in [7, 11) is 0. The Bertz CT molecular complexity index is 1030. The maximum absolute atomic E-state index is 13.4. The van der Waals surface area contributed by atoms with E-state index in [1.165, 1.54) is 12.4 Å². The molecule has 0 bridgehead atoms. The van der Waals surface area contributed by atoms with Gasteiger partial charge in [0.15, 0.2) is 6.10 Å². The molecule has 3 aromatic rings. The zero-order valence-corrected chi connectivity index (χ0v) is 16.8. The molecule has 0 spiro atoms. The average molecular weight is 415 g/mol. The summed E-state index contributed by atoms with van der Waals surface area (Å²) in [5.74, 6) is 0.729. The van der Waals surface area contributed by atoms with E-state index in [2.05, 4.69) is 15.1 Å². The van der Waals surface area contributed by atoms with Gasteiger partial charge < -0.3 is 9.64 Å². The van der Waals surface area contributed by atoms with Crippen LogP contribution in [-0.2, 0) is 4.79 Å². The largest absolute Gasteiger partial charge is 0.481 e. The van der Waals surface area contributed by atoms with Crippen LogP contribution in [0.25, 0.3) is 5.78 Å². The smallest absolute Gasteiger partial charge is 0.280 e. The van der Waals surface area contributed by atoms with Crippen molar-refractivity contribution in [1.82, 2.24) is 24.5 Å². The normalized spacial score (nSPS) is 16.2. The number of ether oxygens (including phenoxy) is 1. The number of likely N-dealkylation sites (tertiary alicyclic amines) is 1. The number of aromatic nitrogens is 4. The van der Waals surface area contributed by atoms with Gasteiger partial charge in [-0.1, -0.05) is 17.7 Å². The van der Waals surface area contributed by atoms with Crippen molar-refractivity contribution in [3.05, 3.63) is 53.6 Å². The molecule has 1 atom stereocenters.